The maximum absolute atomic E-state index is 13.9. The summed E-state index contributed by atoms with van der Waals surface area (Å²) in [6, 6.07) is 7.70. The zero-order valence-electron chi connectivity index (χ0n) is 20.9. The predicted molar refractivity (Wildman–Crippen MR) is 132 cm³/mol. The summed E-state index contributed by atoms with van der Waals surface area (Å²) in [5, 5.41) is 6.00. The zero-order chi connectivity index (χ0) is 24.9. The first-order chi connectivity index (χ1) is 16.9. The number of amides is 2. The molecule has 2 fully saturated rings. The second-order valence-corrected chi connectivity index (χ2v) is 9.74. The Morgan fingerprint density at radius 2 is 1.77 bits per heavy atom. The third-order valence-electron chi connectivity index (χ3n) is 7.40. The Bertz CT molecular complexity index is 1040. The molecule has 2 aromatic rings. The molecule has 2 unspecified atom stereocenters. The fourth-order valence-electron chi connectivity index (χ4n) is 5.22. The van der Waals surface area contributed by atoms with Gasteiger partial charge in [-0.15, -0.1) is 0 Å². The van der Waals surface area contributed by atoms with Gasteiger partial charge in [-0.05, 0) is 52.5 Å². The number of nitrogens with zero attached hydrogens (tertiary/aromatic N) is 2. The lowest BCUT2D eigenvalue weighted by Crippen LogP contribution is -2.55. The van der Waals surface area contributed by atoms with E-state index >= 15 is 0 Å². The Balaban J connectivity index is 1.57. The Kier molecular flexibility index (Phi) is 8.00. The molecule has 8 heteroatoms. The predicted octanol–water partition coefficient (Wildman–Crippen LogP) is 3.55. The molecular formula is C27H36N4O4. The number of hydrogen-bond donors (Lipinski definition) is 2. The van der Waals surface area contributed by atoms with E-state index < -0.39 is 6.04 Å². The van der Waals surface area contributed by atoms with Crippen LogP contribution in [0.25, 0.3) is 0 Å². The summed E-state index contributed by atoms with van der Waals surface area (Å²) < 4.78 is 5.96. The van der Waals surface area contributed by atoms with Crippen LogP contribution in [0.2, 0.25) is 0 Å². The highest BCUT2D eigenvalue weighted by molar-refractivity contribution is 6.08. The number of carbonyl (C=O) groups is 3. The molecule has 1 aromatic heterocycles. The fourth-order valence-corrected chi connectivity index (χ4v) is 5.22. The van der Waals surface area contributed by atoms with Gasteiger partial charge in [0.2, 0.25) is 23.5 Å². The fraction of sp³-hybridized carbons (Fsp3) is 0.556. The van der Waals surface area contributed by atoms with E-state index in [4.69, 9.17) is 4.42 Å². The second-order valence-electron chi connectivity index (χ2n) is 9.74. The van der Waals surface area contributed by atoms with E-state index in [0.717, 1.165) is 32.1 Å². The molecule has 35 heavy (non-hydrogen) atoms. The highest BCUT2D eigenvalue weighted by Gasteiger charge is 2.41. The van der Waals surface area contributed by atoms with Gasteiger partial charge in [-0.2, -0.15) is 0 Å². The van der Waals surface area contributed by atoms with E-state index in [9.17, 15) is 14.4 Å². The number of aryl methyl sites for hydroxylation is 1. The van der Waals surface area contributed by atoms with Crippen LogP contribution in [0.15, 0.2) is 34.7 Å². The van der Waals surface area contributed by atoms with Crippen molar-refractivity contribution in [2.24, 2.45) is 5.92 Å². The zero-order valence-corrected chi connectivity index (χ0v) is 20.9. The van der Waals surface area contributed by atoms with Gasteiger partial charge in [-0.25, -0.2) is 4.98 Å². The molecular weight excluding hydrogens is 444 g/mol. The smallest absolute Gasteiger partial charge is 0.246 e. The monoisotopic (exact) mass is 480 g/mol. The van der Waals surface area contributed by atoms with Gasteiger partial charge >= 0.3 is 0 Å². The quantitative estimate of drug-likeness (QED) is 0.560. The summed E-state index contributed by atoms with van der Waals surface area (Å²) >= 11 is 0. The van der Waals surface area contributed by atoms with Gasteiger partial charge < -0.3 is 20.0 Å². The molecule has 188 valence electrons. The minimum absolute atomic E-state index is 0.0807. The lowest BCUT2D eigenvalue weighted by Gasteiger charge is -2.34. The molecule has 4 rings (SSSR count). The summed E-state index contributed by atoms with van der Waals surface area (Å²) in [4.78, 5) is 46.0. The highest BCUT2D eigenvalue weighted by Crippen LogP contribution is 2.35. The minimum atomic E-state index is -0.569. The van der Waals surface area contributed by atoms with Crippen molar-refractivity contribution in [3.8, 4) is 0 Å². The second kappa shape index (κ2) is 11.2. The van der Waals surface area contributed by atoms with E-state index in [1.165, 1.54) is 6.42 Å². The molecule has 0 spiro atoms. The molecule has 1 aliphatic carbocycles. The van der Waals surface area contributed by atoms with Gasteiger partial charge in [0.25, 0.3) is 0 Å². The van der Waals surface area contributed by atoms with Crippen LogP contribution >= 0.6 is 0 Å². The molecule has 2 N–H and O–H groups in total. The van der Waals surface area contributed by atoms with E-state index in [1.807, 2.05) is 18.2 Å². The summed E-state index contributed by atoms with van der Waals surface area (Å²) in [6.07, 6.45) is 6.69. The highest BCUT2D eigenvalue weighted by atomic mass is 16.4. The molecule has 1 aliphatic heterocycles. The number of aromatic nitrogens is 1. The number of likely N-dealkylation sites (N-methyl/N-ethyl adjacent to an activating group) is 1. The van der Waals surface area contributed by atoms with Crippen molar-refractivity contribution in [2.75, 3.05) is 13.6 Å². The molecule has 2 heterocycles. The van der Waals surface area contributed by atoms with Crippen LogP contribution in [0.5, 0.6) is 0 Å². The lowest BCUT2D eigenvalue weighted by molar-refractivity contribution is -0.140. The van der Waals surface area contributed by atoms with Crippen LogP contribution in [-0.2, 0) is 9.59 Å². The summed E-state index contributed by atoms with van der Waals surface area (Å²) in [5.74, 6) is 0.519. The molecule has 1 aromatic carbocycles. The van der Waals surface area contributed by atoms with Crippen LogP contribution in [0.1, 0.15) is 85.6 Å². The molecule has 2 amide bonds. The van der Waals surface area contributed by atoms with Gasteiger partial charge in [0, 0.05) is 12.1 Å². The molecule has 0 radical (unpaired) electrons. The van der Waals surface area contributed by atoms with Crippen LogP contribution in [0.4, 0.5) is 0 Å². The van der Waals surface area contributed by atoms with Crippen LogP contribution < -0.4 is 10.6 Å². The van der Waals surface area contributed by atoms with Crippen LogP contribution in [-0.4, -0.2) is 53.2 Å². The van der Waals surface area contributed by atoms with Crippen molar-refractivity contribution in [1.29, 1.82) is 0 Å². The maximum Gasteiger partial charge on any atom is 0.246 e. The average molecular weight is 481 g/mol. The number of hydrogen-bond acceptors (Lipinski definition) is 6. The maximum atomic E-state index is 13.9. The van der Waals surface area contributed by atoms with Crippen molar-refractivity contribution in [3.63, 3.8) is 0 Å². The summed E-state index contributed by atoms with van der Waals surface area (Å²) in [5.41, 5.74) is 0.832. The number of benzene rings is 1. The van der Waals surface area contributed by atoms with E-state index in [2.05, 4.69) is 15.6 Å². The third-order valence-corrected chi connectivity index (χ3v) is 7.40. The van der Waals surface area contributed by atoms with E-state index in [-0.39, 0.29) is 41.3 Å². The van der Waals surface area contributed by atoms with Crippen LogP contribution in [0, 0.1) is 12.8 Å². The first-order valence-electron chi connectivity index (χ1n) is 12.8. The van der Waals surface area contributed by atoms with Gasteiger partial charge in [-0.3, -0.25) is 14.4 Å². The first-order valence-corrected chi connectivity index (χ1v) is 12.8. The number of rotatable bonds is 8. The Hall–Kier alpha value is -3.00. The number of likely N-dealkylation sites (tertiary alicyclic amines) is 1. The Labute approximate surface area is 206 Å². The number of oxazole rings is 1. The minimum Gasteiger partial charge on any atom is -0.443 e. The topological polar surface area (TPSA) is 105 Å². The van der Waals surface area contributed by atoms with Gasteiger partial charge in [-0.1, -0.05) is 49.6 Å². The third kappa shape index (κ3) is 5.48. The number of nitrogens with one attached hydrogen (secondary N) is 2. The molecule has 1 saturated carbocycles. The summed E-state index contributed by atoms with van der Waals surface area (Å²) in [6.45, 7) is 4.10. The first kappa shape index (κ1) is 25.1. The molecule has 8 nitrogen and oxygen atoms in total. The van der Waals surface area contributed by atoms with E-state index in [1.54, 1.807) is 37.9 Å². The largest absolute Gasteiger partial charge is 0.443 e. The number of ketones is 1. The van der Waals surface area contributed by atoms with Crippen molar-refractivity contribution < 1.29 is 18.8 Å². The van der Waals surface area contributed by atoms with Gasteiger partial charge in [0.15, 0.2) is 5.69 Å². The molecule has 0 bridgehead atoms. The average Bonchev–Trinajstić information content (AvgIpc) is 3.53. The molecule has 2 aliphatic rings. The Morgan fingerprint density at radius 3 is 2.46 bits per heavy atom. The normalized spacial score (nSPS) is 20.4. The lowest BCUT2D eigenvalue weighted by atomic mass is 9.83. The summed E-state index contributed by atoms with van der Waals surface area (Å²) in [7, 11) is 1.73. The van der Waals surface area contributed by atoms with Gasteiger partial charge in [0.05, 0.1) is 6.04 Å². The number of carbonyl (C=O) groups excluding carboxylic acids is 3. The molecule has 3 atom stereocenters. The van der Waals surface area contributed by atoms with Gasteiger partial charge in [0.1, 0.15) is 17.8 Å². The SMILES string of the molecule is CNC(C)C(=O)NC(C(=O)N1CCC[C@H]1c1nc(C(=O)c2ccccc2)c(C)o1)C1CCCCC1. The van der Waals surface area contributed by atoms with Crippen molar-refractivity contribution in [2.45, 2.75) is 76.9 Å². The standard InChI is InChI=1S/C27H36N4O4/c1-17(28-3)25(33)29-23(19-11-6-4-7-12-19)27(34)31-16-10-15-21(31)26-30-22(18(2)35-26)24(32)20-13-8-5-9-14-20/h5,8-9,13-14,17,19,21,23,28H,4,6-7,10-12,15-16H2,1-3H3,(H,29,33)/t17?,21-,23?/m0/s1. The molecule has 1 saturated heterocycles. The van der Waals surface area contributed by atoms with E-state index in [0.29, 0.717) is 30.2 Å². The van der Waals surface area contributed by atoms with Crippen molar-refractivity contribution >= 4 is 17.6 Å². The van der Waals surface area contributed by atoms with Crippen molar-refractivity contribution in [3.05, 3.63) is 53.2 Å². The van der Waals surface area contributed by atoms with Crippen molar-refractivity contribution in [1.82, 2.24) is 20.5 Å². The van der Waals surface area contributed by atoms with Crippen LogP contribution in [0.3, 0.4) is 0 Å². The Morgan fingerprint density at radius 1 is 1.06 bits per heavy atom.